The number of fused-ring (bicyclic) bond motifs is 2. The van der Waals surface area contributed by atoms with Crippen molar-refractivity contribution in [2.45, 2.75) is 36.9 Å². The minimum absolute atomic E-state index is 0.141. The van der Waals surface area contributed by atoms with Gasteiger partial charge in [0.1, 0.15) is 47.3 Å². The molecule has 204 valence electrons. The fraction of sp³-hybridized carbons (Fsp3) is 0.333. The van der Waals surface area contributed by atoms with Crippen molar-refractivity contribution in [2.24, 2.45) is 0 Å². The molecule has 10 heteroatoms. The van der Waals surface area contributed by atoms with Gasteiger partial charge in [-0.2, -0.15) is 5.26 Å². The quantitative estimate of drug-likeness (QED) is 0.360. The summed E-state index contributed by atoms with van der Waals surface area (Å²) in [6.07, 6.45) is -0.855. The summed E-state index contributed by atoms with van der Waals surface area (Å²) in [6.45, 7) is 2.19. The molecule has 40 heavy (non-hydrogen) atoms. The highest BCUT2D eigenvalue weighted by atomic mass is 35.5. The Bertz CT molecular complexity index is 1570. The van der Waals surface area contributed by atoms with Crippen LogP contribution in [-0.4, -0.2) is 71.9 Å². The van der Waals surface area contributed by atoms with Gasteiger partial charge in [-0.3, -0.25) is 0 Å². The lowest BCUT2D eigenvalue weighted by Crippen LogP contribution is -2.34. The zero-order chi connectivity index (χ0) is 27.2. The van der Waals surface area contributed by atoms with E-state index in [1.54, 1.807) is 6.07 Å². The number of aromatic amines is 1. The molecule has 3 saturated heterocycles. The van der Waals surface area contributed by atoms with Gasteiger partial charge in [0.05, 0.1) is 36.0 Å². The molecule has 3 aliphatic heterocycles. The number of nitrogens with one attached hydrogen (secondary N) is 1. The third-order valence-corrected chi connectivity index (χ3v) is 8.04. The number of nitriles is 1. The zero-order valence-electron chi connectivity index (χ0n) is 21.5. The summed E-state index contributed by atoms with van der Waals surface area (Å²) in [5.41, 5.74) is 3.89. The molecule has 0 aliphatic carbocycles. The number of aliphatic hydroxyl groups excluding tert-OH is 1. The lowest BCUT2D eigenvalue weighted by molar-refractivity contribution is 0.00789. The highest BCUT2D eigenvalue weighted by Gasteiger charge is 2.48. The van der Waals surface area contributed by atoms with Gasteiger partial charge < -0.3 is 33.9 Å². The maximum absolute atomic E-state index is 10.0. The number of anilines is 1. The number of pyridine rings is 1. The molecule has 3 aliphatic rings. The Labute approximate surface area is 235 Å². The molecule has 0 saturated carbocycles. The summed E-state index contributed by atoms with van der Waals surface area (Å²) in [7, 11) is 0. The van der Waals surface area contributed by atoms with Gasteiger partial charge in [-0.15, -0.1) is 0 Å². The predicted molar refractivity (Wildman–Crippen MR) is 149 cm³/mol. The van der Waals surface area contributed by atoms with Crippen molar-refractivity contribution in [3.05, 3.63) is 71.2 Å². The first-order valence-corrected chi connectivity index (χ1v) is 13.7. The molecule has 0 radical (unpaired) electrons. The maximum Gasteiger partial charge on any atom is 0.212 e. The van der Waals surface area contributed by atoms with Crippen LogP contribution < -0.4 is 14.4 Å². The Balaban J connectivity index is 1.10. The number of rotatable bonds is 6. The molecule has 9 nitrogen and oxygen atoms in total. The monoisotopic (exact) mass is 558 g/mol. The van der Waals surface area contributed by atoms with Crippen molar-refractivity contribution in [1.29, 1.82) is 5.26 Å². The second-order valence-corrected chi connectivity index (χ2v) is 10.7. The van der Waals surface area contributed by atoms with Gasteiger partial charge >= 0.3 is 0 Å². The lowest BCUT2D eigenvalue weighted by Gasteiger charge is -2.19. The van der Waals surface area contributed by atoms with Crippen molar-refractivity contribution in [3.63, 3.8) is 0 Å². The number of benzene rings is 2. The van der Waals surface area contributed by atoms with Crippen LogP contribution in [0.5, 0.6) is 11.6 Å². The van der Waals surface area contributed by atoms with E-state index in [9.17, 15) is 10.4 Å². The predicted octanol–water partition coefficient (Wildman–Crippen LogP) is 4.32. The van der Waals surface area contributed by atoms with E-state index in [1.807, 2.05) is 42.5 Å². The van der Waals surface area contributed by atoms with Crippen LogP contribution in [0.25, 0.3) is 22.3 Å². The van der Waals surface area contributed by atoms with E-state index in [2.05, 4.69) is 28.1 Å². The minimum Gasteiger partial charge on any atom is -0.489 e. The first-order chi connectivity index (χ1) is 19.6. The zero-order valence-corrected chi connectivity index (χ0v) is 22.3. The average Bonchev–Trinajstić information content (AvgIpc) is 3.75. The Morgan fingerprint density at radius 2 is 1.85 bits per heavy atom. The second kappa shape index (κ2) is 10.3. The van der Waals surface area contributed by atoms with Crippen LogP contribution >= 0.6 is 11.6 Å². The van der Waals surface area contributed by atoms with E-state index >= 15 is 0 Å². The smallest absolute Gasteiger partial charge is 0.212 e. The van der Waals surface area contributed by atoms with Crippen molar-refractivity contribution >= 4 is 28.3 Å². The third-order valence-electron chi connectivity index (χ3n) is 7.75. The van der Waals surface area contributed by atoms with Gasteiger partial charge in [0, 0.05) is 24.2 Å². The summed E-state index contributed by atoms with van der Waals surface area (Å²) in [5.74, 6) is 1.18. The first kappa shape index (κ1) is 25.2. The summed E-state index contributed by atoms with van der Waals surface area (Å²) in [5, 5.41) is 20.4. The molecule has 2 aromatic heterocycles. The van der Waals surface area contributed by atoms with E-state index in [0.717, 1.165) is 36.5 Å². The standard InChI is InChI=1S/C30H27ClN4O5/c31-22-12-23-27(21(13-32)30(33-23)40-25-16-38-28-24(36)15-37-29(25)28)34-26(22)17-6-8-18(9-7-17)35-11-10-20(14-35)39-19-4-2-1-3-5-19/h1-9,12,20,24-25,28-29,33,36H,10-11,14-16H2/t20?,24?,25?,28?,29-/m1/s1. The van der Waals surface area contributed by atoms with Crippen LogP contribution in [0, 0.1) is 11.3 Å². The number of aromatic nitrogens is 2. The molecule has 0 amide bonds. The lowest BCUT2D eigenvalue weighted by atomic mass is 10.1. The normalized spacial score (nSPS) is 25.7. The molecule has 5 atom stereocenters. The van der Waals surface area contributed by atoms with Crippen LogP contribution in [0.4, 0.5) is 5.69 Å². The van der Waals surface area contributed by atoms with E-state index in [0.29, 0.717) is 21.7 Å². The van der Waals surface area contributed by atoms with Gasteiger partial charge in [0.25, 0.3) is 0 Å². The molecule has 2 N–H and O–H groups in total. The van der Waals surface area contributed by atoms with E-state index < -0.39 is 24.4 Å². The van der Waals surface area contributed by atoms with Crippen LogP contribution in [0.1, 0.15) is 12.0 Å². The third kappa shape index (κ3) is 4.53. The van der Waals surface area contributed by atoms with Crippen molar-refractivity contribution < 1.29 is 24.1 Å². The molecule has 0 bridgehead atoms. The Morgan fingerprint density at radius 1 is 1.05 bits per heavy atom. The van der Waals surface area contributed by atoms with Gasteiger partial charge in [0.15, 0.2) is 6.10 Å². The molecular formula is C30H27ClN4O5. The number of para-hydroxylation sites is 1. The average molecular weight is 559 g/mol. The summed E-state index contributed by atoms with van der Waals surface area (Å²) in [4.78, 5) is 10.2. The van der Waals surface area contributed by atoms with E-state index in [4.69, 9.17) is 35.5 Å². The Morgan fingerprint density at radius 3 is 2.65 bits per heavy atom. The molecule has 4 unspecified atom stereocenters. The minimum atomic E-state index is -0.680. The number of H-pyrrole nitrogens is 1. The molecule has 7 rings (SSSR count). The number of hydrogen-bond acceptors (Lipinski definition) is 8. The number of hydrogen-bond donors (Lipinski definition) is 2. The second-order valence-electron chi connectivity index (χ2n) is 10.3. The molecule has 2 aromatic carbocycles. The highest BCUT2D eigenvalue weighted by molar-refractivity contribution is 6.33. The molecule has 3 fully saturated rings. The van der Waals surface area contributed by atoms with Crippen molar-refractivity contribution in [2.75, 3.05) is 31.2 Å². The molecule has 0 spiro atoms. The van der Waals surface area contributed by atoms with Crippen LogP contribution in [0.3, 0.4) is 0 Å². The fourth-order valence-electron chi connectivity index (χ4n) is 5.74. The topological polar surface area (TPSA) is 113 Å². The molecule has 4 aromatic rings. The van der Waals surface area contributed by atoms with Gasteiger partial charge in [-0.05, 0) is 30.3 Å². The molecular weight excluding hydrogens is 532 g/mol. The summed E-state index contributed by atoms with van der Waals surface area (Å²) < 4.78 is 23.5. The van der Waals surface area contributed by atoms with Gasteiger partial charge in [-0.25, -0.2) is 4.98 Å². The molecule has 5 heterocycles. The van der Waals surface area contributed by atoms with Crippen molar-refractivity contribution in [3.8, 4) is 29.0 Å². The van der Waals surface area contributed by atoms with Crippen LogP contribution in [-0.2, 0) is 9.47 Å². The maximum atomic E-state index is 10.0. The highest BCUT2D eigenvalue weighted by Crippen LogP contribution is 2.37. The fourth-order valence-corrected chi connectivity index (χ4v) is 6.00. The number of aliphatic hydroxyl groups is 1. The van der Waals surface area contributed by atoms with E-state index in [1.165, 1.54) is 0 Å². The van der Waals surface area contributed by atoms with E-state index in [-0.39, 0.29) is 30.8 Å². The van der Waals surface area contributed by atoms with Crippen LogP contribution in [0.2, 0.25) is 5.02 Å². The van der Waals surface area contributed by atoms with Crippen LogP contribution in [0.15, 0.2) is 60.7 Å². The first-order valence-electron chi connectivity index (χ1n) is 13.3. The largest absolute Gasteiger partial charge is 0.489 e. The Kier molecular flexibility index (Phi) is 6.48. The summed E-state index contributed by atoms with van der Waals surface area (Å²) >= 11 is 6.66. The Hall–Kier alpha value is -3.81. The summed E-state index contributed by atoms with van der Waals surface area (Å²) in [6, 6.07) is 22.0. The van der Waals surface area contributed by atoms with Gasteiger partial charge in [-0.1, -0.05) is 41.9 Å². The van der Waals surface area contributed by atoms with Crippen molar-refractivity contribution in [1.82, 2.24) is 9.97 Å². The van der Waals surface area contributed by atoms with Gasteiger partial charge in [0.2, 0.25) is 5.88 Å². The number of halogens is 1. The SMILES string of the molecule is N#Cc1c(OC2COC3C(O)CO[C@H]23)[nH]c2cc(Cl)c(-c3ccc(N4CCC(Oc5ccccc5)C4)cc3)nc12. The number of ether oxygens (including phenoxy) is 4. The number of nitrogens with zero attached hydrogens (tertiary/aromatic N) is 3.